The number of esters is 2. The van der Waals surface area contributed by atoms with E-state index in [1.165, 1.54) is 14.2 Å². The van der Waals surface area contributed by atoms with Gasteiger partial charge in [0.15, 0.2) is 5.78 Å². The molecule has 0 aliphatic carbocycles. The quantitative estimate of drug-likeness (QED) is 0.544. The van der Waals surface area contributed by atoms with E-state index in [4.69, 9.17) is 9.47 Å². The van der Waals surface area contributed by atoms with E-state index in [1.54, 1.807) is 38.1 Å². The molecule has 0 aliphatic heterocycles. The topological polar surface area (TPSA) is 69.7 Å². The summed E-state index contributed by atoms with van der Waals surface area (Å²) in [7, 11) is 2.65. The van der Waals surface area contributed by atoms with Gasteiger partial charge in [0.05, 0.1) is 26.1 Å². The molecule has 0 N–H and O–H groups in total. The van der Waals surface area contributed by atoms with Crippen LogP contribution in [0.5, 0.6) is 0 Å². The fourth-order valence-corrected chi connectivity index (χ4v) is 2.60. The van der Waals surface area contributed by atoms with Gasteiger partial charge in [-0.05, 0) is 12.8 Å². The lowest BCUT2D eigenvalue weighted by molar-refractivity contribution is -0.145. The van der Waals surface area contributed by atoms with Crippen LogP contribution in [0, 0.1) is 17.8 Å². The average Bonchev–Trinajstić information content (AvgIpc) is 2.59. The fourth-order valence-electron chi connectivity index (χ4n) is 2.60. The third-order valence-electron chi connectivity index (χ3n) is 3.91. The van der Waals surface area contributed by atoms with Crippen LogP contribution in [-0.2, 0) is 19.1 Å². The zero-order chi connectivity index (χ0) is 17.4. The summed E-state index contributed by atoms with van der Waals surface area (Å²) >= 11 is 0. The van der Waals surface area contributed by atoms with Crippen LogP contribution >= 0.6 is 0 Å². The molecule has 1 rings (SSSR count). The highest BCUT2D eigenvalue weighted by molar-refractivity contribution is 5.98. The number of Topliss-reactive ketones (excluding diaryl/α,β-unsaturated/α-hetero) is 1. The van der Waals surface area contributed by atoms with E-state index in [9.17, 15) is 14.4 Å². The number of carbonyl (C=O) groups is 3. The molecule has 0 amide bonds. The van der Waals surface area contributed by atoms with E-state index in [0.29, 0.717) is 18.4 Å². The highest BCUT2D eigenvalue weighted by atomic mass is 16.5. The van der Waals surface area contributed by atoms with Gasteiger partial charge in [-0.3, -0.25) is 14.4 Å². The number of carbonyl (C=O) groups excluding carboxylic acids is 3. The second-order valence-corrected chi connectivity index (χ2v) is 5.75. The molecule has 126 valence electrons. The van der Waals surface area contributed by atoms with Crippen molar-refractivity contribution < 1.29 is 23.9 Å². The van der Waals surface area contributed by atoms with Gasteiger partial charge in [-0.1, -0.05) is 44.2 Å². The number of rotatable bonds is 8. The number of hydrogen-bond acceptors (Lipinski definition) is 5. The van der Waals surface area contributed by atoms with Crippen LogP contribution in [0.1, 0.15) is 37.0 Å². The molecule has 2 atom stereocenters. The van der Waals surface area contributed by atoms with Crippen LogP contribution in [0.2, 0.25) is 0 Å². The maximum atomic E-state index is 12.7. The molecule has 0 aromatic heterocycles. The number of methoxy groups -OCH3 is 2. The first kappa shape index (κ1) is 18.9. The molecule has 0 fully saturated rings. The second-order valence-electron chi connectivity index (χ2n) is 5.75. The minimum atomic E-state index is -0.444. The van der Waals surface area contributed by atoms with Crippen LogP contribution in [0.4, 0.5) is 0 Å². The Labute approximate surface area is 137 Å². The SMILES string of the molecule is COC(=O)C(C)CC(CC(C)C(=O)OC)C(=O)c1ccccc1. The van der Waals surface area contributed by atoms with Gasteiger partial charge in [0.25, 0.3) is 0 Å². The largest absolute Gasteiger partial charge is 0.469 e. The smallest absolute Gasteiger partial charge is 0.308 e. The molecule has 0 saturated carbocycles. The standard InChI is InChI=1S/C18H24O5/c1-12(17(20)22-3)10-15(11-13(2)18(21)23-4)16(19)14-8-6-5-7-9-14/h5-9,12-13,15H,10-11H2,1-4H3. The van der Waals surface area contributed by atoms with Crippen molar-refractivity contribution in [3.63, 3.8) is 0 Å². The third-order valence-corrected chi connectivity index (χ3v) is 3.91. The lowest BCUT2D eigenvalue weighted by Gasteiger charge is -2.21. The summed E-state index contributed by atoms with van der Waals surface area (Å²) in [5.74, 6) is -2.06. The summed E-state index contributed by atoms with van der Waals surface area (Å²) in [6.45, 7) is 3.44. The molecular weight excluding hydrogens is 296 g/mol. The lowest BCUT2D eigenvalue weighted by atomic mass is 9.83. The van der Waals surface area contributed by atoms with Crippen molar-refractivity contribution in [2.24, 2.45) is 17.8 Å². The molecular formula is C18H24O5. The Morgan fingerprint density at radius 1 is 0.870 bits per heavy atom. The summed E-state index contributed by atoms with van der Waals surface area (Å²) < 4.78 is 9.46. The van der Waals surface area contributed by atoms with E-state index in [1.807, 2.05) is 6.07 Å². The van der Waals surface area contributed by atoms with Gasteiger partial charge in [-0.15, -0.1) is 0 Å². The number of benzene rings is 1. The van der Waals surface area contributed by atoms with Crippen molar-refractivity contribution in [3.8, 4) is 0 Å². The van der Waals surface area contributed by atoms with Crippen molar-refractivity contribution in [1.29, 1.82) is 0 Å². The van der Waals surface area contributed by atoms with Crippen molar-refractivity contribution in [3.05, 3.63) is 35.9 Å². The minimum absolute atomic E-state index is 0.0721. The highest BCUT2D eigenvalue weighted by Crippen LogP contribution is 2.25. The molecule has 0 spiro atoms. The predicted molar refractivity (Wildman–Crippen MR) is 85.9 cm³/mol. The molecule has 5 heteroatoms. The van der Waals surface area contributed by atoms with E-state index < -0.39 is 17.8 Å². The molecule has 0 radical (unpaired) electrons. The Morgan fingerprint density at radius 2 is 1.30 bits per heavy atom. The molecule has 0 bridgehead atoms. The minimum Gasteiger partial charge on any atom is -0.469 e. The number of ether oxygens (including phenoxy) is 2. The summed E-state index contributed by atoms with van der Waals surface area (Å²) in [4.78, 5) is 36.0. The van der Waals surface area contributed by atoms with Gasteiger partial charge in [0.2, 0.25) is 0 Å². The summed E-state index contributed by atoms with van der Waals surface area (Å²) in [5, 5.41) is 0. The van der Waals surface area contributed by atoms with Crippen molar-refractivity contribution in [2.75, 3.05) is 14.2 Å². The molecule has 1 aromatic rings. The zero-order valence-electron chi connectivity index (χ0n) is 14.1. The highest BCUT2D eigenvalue weighted by Gasteiger charge is 2.29. The van der Waals surface area contributed by atoms with E-state index in [-0.39, 0.29) is 17.7 Å². The molecule has 0 aliphatic rings. The first-order chi connectivity index (χ1) is 10.9. The molecule has 5 nitrogen and oxygen atoms in total. The number of ketones is 1. The maximum Gasteiger partial charge on any atom is 0.308 e. The molecule has 0 saturated heterocycles. The van der Waals surface area contributed by atoms with Gasteiger partial charge in [0, 0.05) is 11.5 Å². The van der Waals surface area contributed by atoms with Gasteiger partial charge in [-0.25, -0.2) is 0 Å². The first-order valence-corrected chi connectivity index (χ1v) is 7.65. The van der Waals surface area contributed by atoms with Crippen molar-refractivity contribution in [1.82, 2.24) is 0 Å². The van der Waals surface area contributed by atoms with Gasteiger partial charge in [0.1, 0.15) is 0 Å². The lowest BCUT2D eigenvalue weighted by Crippen LogP contribution is -2.26. The second kappa shape index (κ2) is 9.08. The summed E-state index contributed by atoms with van der Waals surface area (Å²) in [5.41, 5.74) is 0.576. The zero-order valence-corrected chi connectivity index (χ0v) is 14.1. The Morgan fingerprint density at radius 3 is 1.70 bits per heavy atom. The van der Waals surface area contributed by atoms with Crippen LogP contribution in [-0.4, -0.2) is 31.9 Å². The fraction of sp³-hybridized carbons (Fsp3) is 0.500. The average molecular weight is 320 g/mol. The molecule has 2 unspecified atom stereocenters. The summed E-state index contributed by atoms with van der Waals surface area (Å²) in [6, 6.07) is 8.89. The van der Waals surface area contributed by atoms with Crippen LogP contribution in [0.3, 0.4) is 0 Å². The predicted octanol–water partition coefficient (Wildman–Crippen LogP) is 2.88. The van der Waals surface area contributed by atoms with Gasteiger partial charge in [-0.2, -0.15) is 0 Å². The number of hydrogen-bond donors (Lipinski definition) is 0. The molecule has 1 aromatic carbocycles. The normalized spacial score (nSPS) is 14.4. The Hall–Kier alpha value is -2.17. The van der Waals surface area contributed by atoms with Crippen LogP contribution in [0.25, 0.3) is 0 Å². The Bertz CT molecular complexity index is 514. The van der Waals surface area contributed by atoms with Crippen molar-refractivity contribution >= 4 is 17.7 Å². The molecule has 23 heavy (non-hydrogen) atoms. The van der Waals surface area contributed by atoms with Crippen molar-refractivity contribution in [2.45, 2.75) is 26.7 Å². The van der Waals surface area contributed by atoms with Crippen LogP contribution in [0.15, 0.2) is 30.3 Å². The maximum absolute atomic E-state index is 12.7. The third kappa shape index (κ3) is 5.51. The van der Waals surface area contributed by atoms with E-state index in [2.05, 4.69) is 0 Å². The van der Waals surface area contributed by atoms with Gasteiger partial charge >= 0.3 is 11.9 Å². The Balaban J connectivity index is 2.93. The summed E-state index contributed by atoms with van der Waals surface area (Å²) in [6.07, 6.45) is 0.670. The Kier molecular flexibility index (Phi) is 7.45. The monoisotopic (exact) mass is 320 g/mol. The van der Waals surface area contributed by atoms with E-state index >= 15 is 0 Å². The van der Waals surface area contributed by atoms with E-state index in [0.717, 1.165) is 0 Å². The van der Waals surface area contributed by atoms with Gasteiger partial charge < -0.3 is 9.47 Å². The first-order valence-electron chi connectivity index (χ1n) is 7.65. The molecule has 0 heterocycles. The van der Waals surface area contributed by atoms with Crippen LogP contribution < -0.4 is 0 Å².